The van der Waals surface area contributed by atoms with E-state index in [-0.39, 0.29) is 17.3 Å². The smallest absolute Gasteiger partial charge is 0.322 e. The summed E-state index contributed by atoms with van der Waals surface area (Å²) < 4.78 is 26.7. The highest BCUT2D eigenvalue weighted by molar-refractivity contribution is 5.95. The summed E-state index contributed by atoms with van der Waals surface area (Å²) in [7, 11) is 0. The summed E-state index contributed by atoms with van der Waals surface area (Å²) in [5, 5.41) is 2.99. The molecule has 1 saturated heterocycles. The molecule has 0 atom stereocenters. The van der Waals surface area contributed by atoms with Gasteiger partial charge in [-0.3, -0.25) is 4.90 Å². The Balaban J connectivity index is 1.87. The molecule has 0 unspecified atom stereocenters. The van der Waals surface area contributed by atoms with Crippen LogP contribution in [0, 0.1) is 11.6 Å². The van der Waals surface area contributed by atoms with Gasteiger partial charge in [-0.2, -0.15) is 0 Å². The third-order valence-corrected chi connectivity index (χ3v) is 4.09. The number of amides is 2. The second kappa shape index (κ2) is 4.47. The molecule has 2 aliphatic rings. The fraction of sp³-hybridized carbons (Fsp3) is 0.500. The van der Waals surface area contributed by atoms with Gasteiger partial charge in [-0.15, -0.1) is 0 Å². The fourth-order valence-corrected chi connectivity index (χ4v) is 3.11. The Hall–Kier alpha value is -1.65. The first-order chi connectivity index (χ1) is 9.10. The maximum atomic E-state index is 13.8. The number of nitrogens with zero attached hydrogens (tertiary/aromatic N) is 1. The van der Waals surface area contributed by atoms with E-state index in [1.807, 2.05) is 0 Å². The lowest BCUT2D eigenvalue weighted by Gasteiger charge is -2.32. The number of nitrogens with one attached hydrogen (secondary N) is 1. The van der Waals surface area contributed by atoms with E-state index in [9.17, 15) is 13.6 Å². The summed E-state index contributed by atoms with van der Waals surface area (Å²) in [4.78, 5) is 13.4. The van der Waals surface area contributed by atoms with Crippen molar-refractivity contribution in [2.24, 2.45) is 0 Å². The van der Waals surface area contributed by atoms with Crippen LogP contribution in [-0.2, 0) is 0 Å². The Morgan fingerprint density at radius 3 is 2.58 bits per heavy atom. The second-order valence-corrected chi connectivity index (χ2v) is 5.45. The van der Waals surface area contributed by atoms with Crippen LogP contribution in [0.5, 0.6) is 0 Å². The van der Waals surface area contributed by atoms with E-state index in [2.05, 4.69) is 5.32 Å². The first-order valence-corrected chi connectivity index (χ1v) is 6.64. The molecule has 3 nitrogen and oxygen atoms in total. The molecule has 0 bridgehead atoms. The van der Waals surface area contributed by atoms with Gasteiger partial charge in [-0.05, 0) is 25.0 Å². The lowest BCUT2D eigenvalue weighted by atomic mass is 9.82. The molecule has 102 valence electrons. The van der Waals surface area contributed by atoms with Gasteiger partial charge < -0.3 is 5.32 Å². The summed E-state index contributed by atoms with van der Waals surface area (Å²) >= 11 is 0. The number of hydrogen-bond donors (Lipinski definition) is 1. The standard InChI is InChI=1S/C14H16F2N2O/c15-10-4-5-12(11(16)8-10)18-9-14(17-13(18)19)6-2-1-3-7-14/h4-5,8H,1-3,6-7,9H2,(H,17,19). The molecule has 1 aliphatic carbocycles. The van der Waals surface area contributed by atoms with Crippen LogP contribution in [0.1, 0.15) is 32.1 Å². The number of rotatable bonds is 1. The minimum atomic E-state index is -0.692. The highest BCUT2D eigenvalue weighted by Gasteiger charge is 2.44. The highest BCUT2D eigenvalue weighted by atomic mass is 19.1. The molecular weight excluding hydrogens is 250 g/mol. The van der Waals surface area contributed by atoms with Gasteiger partial charge in [0.05, 0.1) is 17.8 Å². The van der Waals surface area contributed by atoms with Gasteiger partial charge >= 0.3 is 6.03 Å². The molecular formula is C14H16F2N2O. The van der Waals surface area contributed by atoms with Crippen molar-refractivity contribution in [2.75, 3.05) is 11.4 Å². The van der Waals surface area contributed by atoms with E-state index < -0.39 is 11.6 Å². The summed E-state index contributed by atoms with van der Waals surface area (Å²) in [5.74, 6) is -1.32. The molecule has 2 fully saturated rings. The van der Waals surface area contributed by atoms with E-state index >= 15 is 0 Å². The minimum absolute atomic E-state index is 0.154. The van der Waals surface area contributed by atoms with E-state index in [4.69, 9.17) is 0 Å². The van der Waals surface area contributed by atoms with Gasteiger partial charge in [-0.25, -0.2) is 13.6 Å². The lowest BCUT2D eigenvalue weighted by molar-refractivity contribution is 0.237. The van der Waals surface area contributed by atoms with Crippen LogP contribution >= 0.6 is 0 Å². The Morgan fingerprint density at radius 1 is 1.16 bits per heavy atom. The predicted molar refractivity (Wildman–Crippen MR) is 68.1 cm³/mol. The van der Waals surface area contributed by atoms with Crippen molar-refractivity contribution < 1.29 is 13.6 Å². The zero-order chi connectivity index (χ0) is 13.5. The van der Waals surface area contributed by atoms with E-state index in [1.165, 1.54) is 23.5 Å². The van der Waals surface area contributed by atoms with Crippen molar-refractivity contribution in [3.8, 4) is 0 Å². The average molecular weight is 266 g/mol. The number of carbonyl (C=O) groups is 1. The van der Waals surface area contributed by atoms with Crippen LogP contribution < -0.4 is 10.2 Å². The number of anilines is 1. The van der Waals surface area contributed by atoms with Gasteiger partial charge in [0.25, 0.3) is 0 Å². The van der Waals surface area contributed by atoms with Crippen molar-refractivity contribution in [2.45, 2.75) is 37.6 Å². The molecule has 1 N–H and O–H groups in total. The lowest BCUT2D eigenvalue weighted by Crippen LogP contribution is -2.44. The van der Waals surface area contributed by atoms with Gasteiger partial charge in [-0.1, -0.05) is 19.3 Å². The Morgan fingerprint density at radius 2 is 1.89 bits per heavy atom. The van der Waals surface area contributed by atoms with Crippen molar-refractivity contribution in [1.29, 1.82) is 0 Å². The number of halogens is 2. The number of carbonyl (C=O) groups excluding carboxylic acids is 1. The minimum Gasteiger partial charge on any atom is -0.330 e. The van der Waals surface area contributed by atoms with E-state index in [1.54, 1.807) is 0 Å². The van der Waals surface area contributed by atoms with Crippen LogP contribution in [-0.4, -0.2) is 18.1 Å². The van der Waals surface area contributed by atoms with Crippen LogP contribution in [0.15, 0.2) is 18.2 Å². The maximum absolute atomic E-state index is 13.8. The monoisotopic (exact) mass is 266 g/mol. The van der Waals surface area contributed by atoms with Gasteiger partial charge in [0.1, 0.15) is 11.6 Å². The Kier molecular flexibility index (Phi) is 2.92. The van der Waals surface area contributed by atoms with Crippen LogP contribution in [0.25, 0.3) is 0 Å². The Labute approximate surface area is 110 Å². The third kappa shape index (κ3) is 2.17. The fourth-order valence-electron chi connectivity index (χ4n) is 3.11. The number of urea groups is 1. The van der Waals surface area contributed by atoms with Crippen molar-refractivity contribution in [3.05, 3.63) is 29.8 Å². The Bertz CT molecular complexity index is 512. The molecule has 1 aliphatic heterocycles. The van der Waals surface area contributed by atoms with Crippen molar-refractivity contribution in [3.63, 3.8) is 0 Å². The molecule has 1 heterocycles. The third-order valence-electron chi connectivity index (χ3n) is 4.09. The second-order valence-electron chi connectivity index (χ2n) is 5.45. The van der Waals surface area contributed by atoms with Crippen LogP contribution in [0.4, 0.5) is 19.3 Å². The number of hydrogen-bond acceptors (Lipinski definition) is 1. The molecule has 19 heavy (non-hydrogen) atoms. The summed E-state index contributed by atoms with van der Waals surface area (Å²) in [5.41, 5.74) is -0.0720. The molecule has 1 spiro atoms. The van der Waals surface area contributed by atoms with Gasteiger partial charge in [0.2, 0.25) is 0 Å². The average Bonchev–Trinajstić information content (AvgIpc) is 2.67. The molecule has 3 rings (SSSR count). The maximum Gasteiger partial charge on any atom is 0.322 e. The summed E-state index contributed by atoms with van der Waals surface area (Å²) in [6, 6.07) is 3.03. The molecule has 5 heteroatoms. The molecule has 1 aromatic rings. The number of benzene rings is 1. The van der Waals surface area contributed by atoms with Crippen LogP contribution in [0.2, 0.25) is 0 Å². The normalized spacial score (nSPS) is 21.8. The van der Waals surface area contributed by atoms with Crippen molar-refractivity contribution >= 4 is 11.7 Å². The molecule has 0 radical (unpaired) electrons. The largest absolute Gasteiger partial charge is 0.330 e. The highest BCUT2D eigenvalue weighted by Crippen LogP contribution is 2.35. The summed E-state index contributed by atoms with van der Waals surface area (Å²) in [6.45, 7) is 0.467. The molecule has 1 aromatic carbocycles. The SMILES string of the molecule is O=C1NC2(CCCCC2)CN1c1ccc(F)cc1F. The molecule has 0 aromatic heterocycles. The van der Waals surface area contributed by atoms with Crippen molar-refractivity contribution in [1.82, 2.24) is 5.32 Å². The van der Waals surface area contributed by atoms with E-state index in [0.717, 1.165) is 31.7 Å². The van der Waals surface area contributed by atoms with Gasteiger partial charge in [0.15, 0.2) is 0 Å². The zero-order valence-electron chi connectivity index (χ0n) is 10.6. The van der Waals surface area contributed by atoms with E-state index in [0.29, 0.717) is 6.54 Å². The summed E-state index contributed by atoms with van der Waals surface area (Å²) in [6.07, 6.45) is 5.21. The van der Waals surface area contributed by atoms with Gasteiger partial charge in [0, 0.05) is 6.07 Å². The first kappa shape index (κ1) is 12.4. The predicted octanol–water partition coefficient (Wildman–Crippen LogP) is 3.20. The van der Waals surface area contributed by atoms with Crippen LogP contribution in [0.3, 0.4) is 0 Å². The molecule has 1 saturated carbocycles. The zero-order valence-corrected chi connectivity index (χ0v) is 10.6. The molecule has 2 amide bonds. The quantitative estimate of drug-likeness (QED) is 0.831. The first-order valence-electron chi connectivity index (χ1n) is 6.64. The topological polar surface area (TPSA) is 32.3 Å².